The summed E-state index contributed by atoms with van der Waals surface area (Å²) in [7, 11) is 0. The fraction of sp³-hybridized carbons (Fsp3) is 0.765. The van der Waals surface area contributed by atoms with E-state index in [1.807, 2.05) is 0 Å². The van der Waals surface area contributed by atoms with E-state index in [0.29, 0.717) is 6.61 Å². The van der Waals surface area contributed by atoms with Gasteiger partial charge in [-0.1, -0.05) is 71.1 Å². The van der Waals surface area contributed by atoms with E-state index in [1.165, 1.54) is 57.8 Å². The van der Waals surface area contributed by atoms with Crippen LogP contribution >= 0.6 is 0 Å². The van der Waals surface area contributed by atoms with Crippen LogP contribution in [0.15, 0.2) is 12.2 Å². The molecule has 21 heavy (non-hydrogen) atoms. The molecule has 0 aliphatic carbocycles. The zero-order valence-electron chi connectivity index (χ0n) is 13.3. The molecule has 0 rings (SSSR count). The van der Waals surface area contributed by atoms with E-state index in [0.717, 1.165) is 25.0 Å². The van der Waals surface area contributed by atoms with Gasteiger partial charge in [0.05, 0.1) is 6.61 Å². The summed E-state index contributed by atoms with van der Waals surface area (Å²) in [5.74, 6) is -1.72. The van der Waals surface area contributed by atoms with E-state index in [9.17, 15) is 9.59 Å². The van der Waals surface area contributed by atoms with Crippen molar-refractivity contribution in [2.45, 2.75) is 77.6 Å². The highest BCUT2D eigenvalue weighted by atomic mass is 16.5. The van der Waals surface area contributed by atoms with Crippen LogP contribution in [0.1, 0.15) is 77.6 Å². The third-order valence-electron chi connectivity index (χ3n) is 3.35. The number of carbonyl (C=O) groups excluding carboxylic acids is 1. The Morgan fingerprint density at radius 2 is 1.29 bits per heavy atom. The lowest BCUT2D eigenvalue weighted by Gasteiger charge is -2.03. The second-order valence-electron chi connectivity index (χ2n) is 5.37. The normalized spacial score (nSPS) is 10.9. The minimum atomic E-state index is -1.14. The highest BCUT2D eigenvalue weighted by Crippen LogP contribution is 2.11. The summed E-state index contributed by atoms with van der Waals surface area (Å²) >= 11 is 0. The summed E-state index contributed by atoms with van der Waals surface area (Å²) in [6.07, 6.45) is 15.5. The zero-order valence-corrected chi connectivity index (χ0v) is 13.3. The number of aliphatic carboxylic acids is 1. The van der Waals surface area contributed by atoms with Gasteiger partial charge in [-0.3, -0.25) is 0 Å². The van der Waals surface area contributed by atoms with Crippen molar-refractivity contribution in [2.24, 2.45) is 0 Å². The number of hydrogen-bond acceptors (Lipinski definition) is 3. The number of carbonyl (C=O) groups is 2. The molecule has 0 heterocycles. The molecule has 1 N–H and O–H groups in total. The van der Waals surface area contributed by atoms with Crippen molar-refractivity contribution in [3.05, 3.63) is 12.2 Å². The molecule has 122 valence electrons. The van der Waals surface area contributed by atoms with Crippen LogP contribution < -0.4 is 0 Å². The van der Waals surface area contributed by atoms with Gasteiger partial charge in [0.25, 0.3) is 0 Å². The Balaban J connectivity index is 3.19. The average Bonchev–Trinajstić information content (AvgIpc) is 2.46. The van der Waals surface area contributed by atoms with Crippen molar-refractivity contribution in [3.63, 3.8) is 0 Å². The number of esters is 1. The Hall–Kier alpha value is -1.32. The Labute approximate surface area is 128 Å². The molecule has 0 aromatic carbocycles. The Bertz CT molecular complexity index is 297. The van der Waals surface area contributed by atoms with E-state index in [-0.39, 0.29) is 0 Å². The minimum absolute atomic E-state index is 0.375. The number of carboxylic acids is 1. The molecule has 0 spiro atoms. The maximum absolute atomic E-state index is 11.1. The molecule has 4 heteroatoms. The number of rotatable bonds is 14. The van der Waals surface area contributed by atoms with E-state index in [1.54, 1.807) is 0 Å². The molecule has 0 bridgehead atoms. The van der Waals surface area contributed by atoms with Gasteiger partial charge in [0.15, 0.2) is 0 Å². The molecule has 0 saturated carbocycles. The largest absolute Gasteiger partial charge is 0.478 e. The molecular weight excluding hydrogens is 268 g/mol. The fourth-order valence-electron chi connectivity index (χ4n) is 2.13. The molecule has 0 aromatic heterocycles. The lowest BCUT2D eigenvalue weighted by Crippen LogP contribution is -2.03. The molecule has 0 amide bonds. The van der Waals surface area contributed by atoms with Crippen molar-refractivity contribution >= 4 is 11.9 Å². The van der Waals surface area contributed by atoms with Crippen LogP contribution in [0, 0.1) is 0 Å². The van der Waals surface area contributed by atoms with Crippen LogP contribution in [-0.2, 0) is 14.3 Å². The van der Waals surface area contributed by atoms with Gasteiger partial charge in [0, 0.05) is 12.2 Å². The van der Waals surface area contributed by atoms with Crippen molar-refractivity contribution < 1.29 is 19.4 Å². The first-order valence-corrected chi connectivity index (χ1v) is 8.24. The van der Waals surface area contributed by atoms with Gasteiger partial charge < -0.3 is 9.84 Å². The molecule has 0 saturated heterocycles. The SMILES string of the molecule is CCCCCCCCCCCCCOC(=O)/C=C\C(=O)O. The number of unbranched alkanes of at least 4 members (excludes halogenated alkanes) is 10. The average molecular weight is 298 g/mol. The second kappa shape index (κ2) is 15.1. The molecular formula is C17H30O4. The lowest BCUT2D eigenvalue weighted by molar-refractivity contribution is -0.138. The van der Waals surface area contributed by atoms with Gasteiger partial charge in [0.1, 0.15) is 0 Å². The molecule has 0 atom stereocenters. The van der Waals surface area contributed by atoms with Crippen molar-refractivity contribution in [3.8, 4) is 0 Å². The quantitative estimate of drug-likeness (QED) is 0.292. The third-order valence-corrected chi connectivity index (χ3v) is 3.35. The van der Waals surface area contributed by atoms with E-state index in [2.05, 4.69) is 6.92 Å². The standard InChI is InChI=1S/C17H30O4/c1-2-3-4-5-6-7-8-9-10-11-12-15-21-17(20)14-13-16(18)19/h13-14H,2-12,15H2,1H3,(H,18,19)/b14-13-. The molecule has 4 nitrogen and oxygen atoms in total. The summed E-state index contributed by atoms with van der Waals surface area (Å²) in [6, 6.07) is 0. The van der Waals surface area contributed by atoms with Gasteiger partial charge in [-0.15, -0.1) is 0 Å². The molecule has 0 fully saturated rings. The van der Waals surface area contributed by atoms with Gasteiger partial charge in [-0.2, -0.15) is 0 Å². The highest BCUT2D eigenvalue weighted by Gasteiger charge is 1.98. The van der Waals surface area contributed by atoms with E-state index < -0.39 is 11.9 Å². The topological polar surface area (TPSA) is 63.6 Å². The predicted molar refractivity (Wildman–Crippen MR) is 84.2 cm³/mol. The molecule has 0 radical (unpaired) electrons. The lowest BCUT2D eigenvalue weighted by atomic mass is 10.1. The summed E-state index contributed by atoms with van der Waals surface area (Å²) in [5.41, 5.74) is 0. The summed E-state index contributed by atoms with van der Waals surface area (Å²) < 4.78 is 4.89. The first-order chi connectivity index (χ1) is 10.2. The first kappa shape index (κ1) is 19.7. The molecule has 0 aliphatic rings. The van der Waals surface area contributed by atoms with Crippen LogP contribution in [0.25, 0.3) is 0 Å². The second-order valence-corrected chi connectivity index (χ2v) is 5.37. The predicted octanol–water partition coefficient (Wildman–Crippen LogP) is 4.48. The molecule has 0 aliphatic heterocycles. The van der Waals surface area contributed by atoms with Crippen LogP contribution in [0.5, 0.6) is 0 Å². The maximum atomic E-state index is 11.1. The van der Waals surface area contributed by atoms with Crippen LogP contribution in [0.2, 0.25) is 0 Å². The maximum Gasteiger partial charge on any atom is 0.331 e. The smallest absolute Gasteiger partial charge is 0.331 e. The first-order valence-electron chi connectivity index (χ1n) is 8.24. The van der Waals surface area contributed by atoms with Crippen LogP contribution in [-0.4, -0.2) is 23.7 Å². The van der Waals surface area contributed by atoms with E-state index >= 15 is 0 Å². The number of ether oxygens (including phenoxy) is 1. The van der Waals surface area contributed by atoms with Crippen molar-refractivity contribution in [2.75, 3.05) is 6.61 Å². The Morgan fingerprint density at radius 1 is 0.810 bits per heavy atom. The number of hydrogen-bond donors (Lipinski definition) is 1. The fourth-order valence-corrected chi connectivity index (χ4v) is 2.13. The summed E-state index contributed by atoms with van der Waals surface area (Å²) in [4.78, 5) is 21.2. The van der Waals surface area contributed by atoms with E-state index in [4.69, 9.17) is 9.84 Å². The highest BCUT2D eigenvalue weighted by molar-refractivity contribution is 5.90. The zero-order chi connectivity index (χ0) is 15.8. The molecule has 0 aromatic rings. The Morgan fingerprint density at radius 3 is 1.76 bits per heavy atom. The van der Waals surface area contributed by atoms with Gasteiger partial charge in [-0.25, -0.2) is 9.59 Å². The summed E-state index contributed by atoms with van der Waals surface area (Å²) in [5, 5.41) is 8.34. The van der Waals surface area contributed by atoms with Crippen LogP contribution in [0.4, 0.5) is 0 Å². The van der Waals surface area contributed by atoms with Gasteiger partial charge in [-0.05, 0) is 6.42 Å². The number of carboxylic acid groups (broad SMARTS) is 1. The van der Waals surface area contributed by atoms with Crippen molar-refractivity contribution in [1.29, 1.82) is 0 Å². The summed E-state index contributed by atoms with van der Waals surface area (Å²) in [6.45, 7) is 2.61. The van der Waals surface area contributed by atoms with Gasteiger partial charge in [0.2, 0.25) is 0 Å². The monoisotopic (exact) mass is 298 g/mol. The van der Waals surface area contributed by atoms with Crippen LogP contribution in [0.3, 0.4) is 0 Å². The third kappa shape index (κ3) is 16.6. The minimum Gasteiger partial charge on any atom is -0.478 e. The van der Waals surface area contributed by atoms with Crippen molar-refractivity contribution in [1.82, 2.24) is 0 Å². The Kier molecular flexibility index (Phi) is 14.1. The van der Waals surface area contributed by atoms with Gasteiger partial charge >= 0.3 is 11.9 Å². The molecule has 0 unspecified atom stereocenters.